The van der Waals surface area contributed by atoms with Crippen LogP contribution in [0.2, 0.25) is 0 Å². The van der Waals surface area contributed by atoms with Gasteiger partial charge in [0, 0.05) is 6.42 Å². The molecule has 0 rings (SSSR count). The first-order chi connectivity index (χ1) is 27.0. The van der Waals surface area contributed by atoms with E-state index in [0.29, 0.717) is 23.9 Å². The fourth-order valence-electron chi connectivity index (χ4n) is 5.43. The van der Waals surface area contributed by atoms with E-state index < -0.39 is 32.6 Å². The smallest absolute Gasteiger partial charge is 0.306 e. The van der Waals surface area contributed by atoms with Crippen molar-refractivity contribution in [1.82, 2.24) is 0 Å². The van der Waals surface area contributed by atoms with E-state index in [-0.39, 0.29) is 19.6 Å². The maximum Gasteiger partial charge on any atom is 0.306 e. The van der Waals surface area contributed by atoms with E-state index in [1.54, 1.807) is 12.3 Å². The highest BCUT2D eigenvalue weighted by atomic mass is 31.2. The van der Waals surface area contributed by atoms with Crippen molar-refractivity contribution < 1.29 is 42.4 Å². The van der Waals surface area contributed by atoms with Gasteiger partial charge in [-0.2, -0.15) is 0 Å². The van der Waals surface area contributed by atoms with Gasteiger partial charge in [-0.15, -0.1) is 0 Å². The zero-order chi connectivity index (χ0) is 41.4. The zero-order valence-electron chi connectivity index (χ0n) is 36.2. The predicted molar refractivity (Wildman–Crippen MR) is 232 cm³/mol. The molecule has 1 unspecified atom stereocenters. The molecule has 324 valence electrons. The lowest BCUT2D eigenvalue weighted by atomic mass is 10.1. The molecule has 0 aromatic heterocycles. The first-order valence-corrected chi connectivity index (χ1v) is 23.3. The molecule has 10 heteroatoms. The second kappa shape index (κ2) is 38.3. The molecule has 1 N–H and O–H groups in total. The normalized spacial score (nSPS) is 15.0. The Hall–Kier alpha value is -2.26. The fourth-order valence-corrected chi connectivity index (χ4v) is 6.16. The first kappa shape index (κ1) is 53.7. The topological polar surface area (TPSA) is 114 Å². The number of carbonyl (C=O) groups excluding carboxylic acids is 1. The molecule has 9 nitrogen and oxygen atoms in total. The summed E-state index contributed by atoms with van der Waals surface area (Å²) in [4.78, 5) is 25.0. The SMILES string of the molecule is CCCCC/C=C\C/C=C\C/C=C\C=C\[C@H](O)CCCC(=O)O[C@H](CO/C=C/CCCCCCCC/C=C\CCCCCC)COP(=O)([O-])OCC[N+](C)(C)C. The van der Waals surface area contributed by atoms with Crippen LogP contribution in [0.25, 0.3) is 0 Å². The lowest BCUT2D eigenvalue weighted by Crippen LogP contribution is -2.37. The quantitative estimate of drug-likeness (QED) is 0.0124. The molecule has 0 bridgehead atoms. The van der Waals surface area contributed by atoms with Gasteiger partial charge in [-0.25, -0.2) is 0 Å². The summed E-state index contributed by atoms with van der Waals surface area (Å²) in [7, 11) is 1.19. The van der Waals surface area contributed by atoms with Crippen molar-refractivity contribution in [2.45, 2.75) is 167 Å². The molecule has 0 aliphatic rings. The number of phosphoric ester groups is 1. The third kappa shape index (κ3) is 41.4. The van der Waals surface area contributed by atoms with Crippen LogP contribution in [-0.2, 0) is 27.9 Å². The molecule has 0 saturated heterocycles. The number of rotatable bonds is 39. The number of phosphoric acid groups is 1. The van der Waals surface area contributed by atoms with Crippen LogP contribution in [0.15, 0.2) is 73.1 Å². The third-order valence-electron chi connectivity index (χ3n) is 8.90. The highest BCUT2D eigenvalue weighted by Gasteiger charge is 2.20. The molecule has 0 amide bonds. The van der Waals surface area contributed by atoms with Gasteiger partial charge >= 0.3 is 5.97 Å². The number of hydrogen-bond acceptors (Lipinski definition) is 8. The van der Waals surface area contributed by atoms with Crippen molar-refractivity contribution in [1.29, 1.82) is 0 Å². The minimum atomic E-state index is -4.60. The van der Waals surface area contributed by atoms with Crippen molar-refractivity contribution in [2.75, 3.05) is 47.5 Å². The number of nitrogens with zero attached hydrogens (tertiary/aromatic N) is 1. The number of aliphatic hydroxyl groups is 1. The van der Waals surface area contributed by atoms with Crippen LogP contribution in [0.1, 0.15) is 155 Å². The summed E-state index contributed by atoms with van der Waals surface area (Å²) >= 11 is 0. The first-order valence-electron chi connectivity index (χ1n) is 21.8. The van der Waals surface area contributed by atoms with Crippen LogP contribution in [0, 0.1) is 0 Å². The minimum absolute atomic E-state index is 0.0225. The van der Waals surface area contributed by atoms with Crippen molar-refractivity contribution in [3.63, 3.8) is 0 Å². The molecule has 0 fully saturated rings. The van der Waals surface area contributed by atoms with Crippen molar-refractivity contribution >= 4 is 13.8 Å². The summed E-state index contributed by atoms with van der Waals surface area (Å²) in [5.41, 5.74) is 0. The molecule has 0 aromatic carbocycles. The Bertz CT molecular complexity index is 1140. The lowest BCUT2D eigenvalue weighted by Gasteiger charge is -2.28. The van der Waals surface area contributed by atoms with E-state index in [2.05, 4.69) is 50.3 Å². The Morgan fingerprint density at radius 2 is 1.21 bits per heavy atom. The minimum Gasteiger partial charge on any atom is -0.756 e. The van der Waals surface area contributed by atoms with E-state index >= 15 is 0 Å². The van der Waals surface area contributed by atoms with Gasteiger partial charge in [0.2, 0.25) is 0 Å². The molecule has 56 heavy (non-hydrogen) atoms. The molecule has 0 saturated carbocycles. The monoisotopic (exact) mass is 808 g/mol. The number of quaternary nitrogens is 1. The molecule has 3 atom stereocenters. The number of ether oxygens (including phenoxy) is 2. The number of carbonyl (C=O) groups is 1. The number of hydrogen-bond donors (Lipinski definition) is 1. The van der Waals surface area contributed by atoms with Gasteiger partial charge in [0.15, 0.2) is 6.10 Å². The zero-order valence-corrected chi connectivity index (χ0v) is 37.1. The number of esters is 1. The Morgan fingerprint density at radius 1 is 0.679 bits per heavy atom. The number of likely N-dealkylation sites (N-methyl/N-ethyl adjacent to an activating group) is 1. The van der Waals surface area contributed by atoms with Gasteiger partial charge in [-0.1, -0.05) is 132 Å². The Kier molecular flexibility index (Phi) is 36.7. The summed E-state index contributed by atoms with van der Waals surface area (Å²) in [6.07, 6.45) is 46.1. The average molecular weight is 808 g/mol. The maximum atomic E-state index is 12.7. The van der Waals surface area contributed by atoms with Crippen molar-refractivity contribution in [3.8, 4) is 0 Å². The van der Waals surface area contributed by atoms with Crippen LogP contribution >= 0.6 is 7.82 Å². The van der Waals surface area contributed by atoms with Crippen molar-refractivity contribution in [2.24, 2.45) is 0 Å². The third-order valence-corrected chi connectivity index (χ3v) is 9.86. The molecular weight excluding hydrogens is 725 g/mol. The van der Waals surface area contributed by atoms with Crippen molar-refractivity contribution in [3.05, 3.63) is 73.1 Å². The fraction of sp³-hybridized carbons (Fsp3) is 0.717. The molecule has 0 radical (unpaired) electrons. The lowest BCUT2D eigenvalue weighted by molar-refractivity contribution is -0.870. The summed E-state index contributed by atoms with van der Waals surface area (Å²) in [5, 5.41) is 10.3. The Labute approximate surface area is 343 Å². The second-order valence-electron chi connectivity index (χ2n) is 15.6. The van der Waals surface area contributed by atoms with E-state index in [4.69, 9.17) is 18.5 Å². The molecule has 0 spiro atoms. The molecule has 0 heterocycles. The molecular formula is C46H82NO8P. The molecule has 0 aromatic rings. The number of aliphatic hydroxyl groups excluding tert-OH is 1. The standard InChI is InChI=1S/C46H82NO8P/c1-6-8-10-12-14-16-18-20-21-22-24-26-28-30-32-34-40-52-42-45(43-54-56(50,51)53-41-39-47(3,4)5)55-46(49)38-35-37-44(48)36-33-31-29-27-25-23-19-17-15-13-11-9-7-2/h15-18,23,25,29,31,33-34,36,40,44-45,48H,6-14,19-22,24,26-28,30,32,35,37-39,41-43H2,1-5H3/b17-15-,18-16-,25-23-,31-29-,36-33+,40-34+/t44-,45+/m0/s1. The highest BCUT2D eigenvalue weighted by molar-refractivity contribution is 7.45. The van der Waals surface area contributed by atoms with Gasteiger partial charge in [-0.3, -0.25) is 9.36 Å². The van der Waals surface area contributed by atoms with Gasteiger partial charge in [0.25, 0.3) is 7.82 Å². The Morgan fingerprint density at radius 3 is 1.86 bits per heavy atom. The molecule has 0 aliphatic carbocycles. The van der Waals surface area contributed by atoms with Gasteiger partial charge in [0.05, 0.1) is 40.1 Å². The molecule has 0 aliphatic heterocycles. The number of allylic oxidation sites excluding steroid dienone is 10. The van der Waals surface area contributed by atoms with Crippen LogP contribution in [0.3, 0.4) is 0 Å². The van der Waals surface area contributed by atoms with E-state index in [0.717, 1.165) is 38.5 Å². The second-order valence-corrected chi connectivity index (χ2v) is 17.0. The van der Waals surface area contributed by atoms with E-state index in [1.165, 1.54) is 83.5 Å². The van der Waals surface area contributed by atoms with Gasteiger partial charge in [-0.05, 0) is 83.1 Å². The summed E-state index contributed by atoms with van der Waals surface area (Å²) in [6, 6.07) is 0. The average Bonchev–Trinajstić information content (AvgIpc) is 3.14. The van der Waals surface area contributed by atoms with Crippen LogP contribution < -0.4 is 4.89 Å². The van der Waals surface area contributed by atoms with Gasteiger partial charge in [0.1, 0.15) is 19.8 Å². The largest absolute Gasteiger partial charge is 0.756 e. The number of unbranched alkanes of at least 4 members (excludes halogenated alkanes) is 14. The van der Waals surface area contributed by atoms with E-state index in [9.17, 15) is 19.4 Å². The van der Waals surface area contributed by atoms with Crippen LogP contribution in [-0.4, -0.2) is 75.3 Å². The highest BCUT2D eigenvalue weighted by Crippen LogP contribution is 2.38. The summed E-state index contributed by atoms with van der Waals surface area (Å²) in [5.74, 6) is -0.519. The van der Waals surface area contributed by atoms with Crippen LogP contribution in [0.4, 0.5) is 0 Å². The van der Waals surface area contributed by atoms with E-state index in [1.807, 2.05) is 45.4 Å². The summed E-state index contributed by atoms with van der Waals surface area (Å²) in [6.45, 7) is 4.44. The Balaban J connectivity index is 4.53. The summed E-state index contributed by atoms with van der Waals surface area (Å²) < 4.78 is 34.1. The maximum absolute atomic E-state index is 12.7. The van der Waals surface area contributed by atoms with Crippen LogP contribution in [0.5, 0.6) is 0 Å². The predicted octanol–water partition coefficient (Wildman–Crippen LogP) is 11.4. The van der Waals surface area contributed by atoms with Gasteiger partial charge < -0.3 is 33.0 Å².